The molecule has 0 spiro atoms. The van der Waals surface area contributed by atoms with Crippen molar-refractivity contribution >= 4 is 22.8 Å². The van der Waals surface area contributed by atoms with Gasteiger partial charge in [-0.25, -0.2) is 0 Å². The lowest BCUT2D eigenvalue weighted by Crippen LogP contribution is -2.33. The fourth-order valence-corrected chi connectivity index (χ4v) is 1.95. The van der Waals surface area contributed by atoms with Crippen LogP contribution in [-0.4, -0.2) is 45.5 Å². The van der Waals surface area contributed by atoms with Crippen molar-refractivity contribution in [1.82, 2.24) is 20.2 Å². The molecule has 2 aromatic heterocycles. The molecule has 0 bridgehead atoms. The average molecular weight is 278 g/mol. The summed E-state index contributed by atoms with van der Waals surface area (Å²) in [4.78, 5) is 8.83. The van der Waals surface area contributed by atoms with E-state index in [1.165, 1.54) is 0 Å². The van der Waals surface area contributed by atoms with E-state index in [4.69, 9.17) is 4.74 Å². The standard InChI is InChI=1S/C13H22N6O/c1-5-14-12-17-10(9-7-16-19-11(9)18-12)15-8-13(3,4)20-6-2/h7H,5-6,8H2,1-4H3,(H3,14,15,16,17,18,19). The number of nitrogens with one attached hydrogen (secondary N) is 3. The third kappa shape index (κ3) is 3.36. The third-order valence-electron chi connectivity index (χ3n) is 2.86. The number of hydrogen-bond acceptors (Lipinski definition) is 6. The van der Waals surface area contributed by atoms with E-state index in [0.717, 1.165) is 17.7 Å². The second-order valence-electron chi connectivity index (χ2n) is 5.10. The number of fused-ring (bicyclic) bond motifs is 1. The first-order valence-electron chi connectivity index (χ1n) is 6.88. The summed E-state index contributed by atoms with van der Waals surface area (Å²) in [6, 6.07) is 0. The maximum Gasteiger partial charge on any atom is 0.226 e. The van der Waals surface area contributed by atoms with Gasteiger partial charge in [-0.1, -0.05) is 0 Å². The molecule has 0 aromatic carbocycles. The minimum absolute atomic E-state index is 0.256. The summed E-state index contributed by atoms with van der Waals surface area (Å²) >= 11 is 0. The average Bonchev–Trinajstić information content (AvgIpc) is 2.84. The van der Waals surface area contributed by atoms with Gasteiger partial charge in [0.2, 0.25) is 5.95 Å². The Bertz CT molecular complexity index is 565. The van der Waals surface area contributed by atoms with Crippen molar-refractivity contribution in [3.63, 3.8) is 0 Å². The molecule has 0 saturated carbocycles. The first kappa shape index (κ1) is 14.5. The third-order valence-corrected chi connectivity index (χ3v) is 2.86. The maximum absolute atomic E-state index is 5.68. The van der Waals surface area contributed by atoms with Crippen molar-refractivity contribution in [2.75, 3.05) is 30.3 Å². The quantitative estimate of drug-likeness (QED) is 0.718. The normalized spacial score (nSPS) is 11.8. The van der Waals surface area contributed by atoms with Gasteiger partial charge in [0.05, 0.1) is 17.2 Å². The molecule has 0 aliphatic heterocycles. The van der Waals surface area contributed by atoms with Crippen LogP contribution in [0.25, 0.3) is 11.0 Å². The molecule has 7 heteroatoms. The molecule has 2 aromatic rings. The van der Waals surface area contributed by atoms with Gasteiger partial charge in [-0.15, -0.1) is 0 Å². The fraction of sp³-hybridized carbons (Fsp3) is 0.615. The molecule has 0 radical (unpaired) electrons. The summed E-state index contributed by atoms with van der Waals surface area (Å²) in [5.41, 5.74) is 0.460. The molecule has 2 heterocycles. The van der Waals surface area contributed by atoms with Crippen molar-refractivity contribution in [2.24, 2.45) is 0 Å². The van der Waals surface area contributed by atoms with Gasteiger partial charge in [0.15, 0.2) is 5.65 Å². The molecule has 0 aliphatic carbocycles. The van der Waals surface area contributed by atoms with E-state index in [2.05, 4.69) is 30.8 Å². The highest BCUT2D eigenvalue weighted by atomic mass is 16.5. The SMILES string of the molecule is CCNc1nc(NCC(C)(C)OCC)c2cn[nH]c2n1. The molecule has 3 N–H and O–H groups in total. The van der Waals surface area contributed by atoms with Crippen molar-refractivity contribution in [3.05, 3.63) is 6.20 Å². The number of ether oxygens (including phenoxy) is 1. The predicted molar refractivity (Wildman–Crippen MR) is 80.0 cm³/mol. The number of nitrogens with zero attached hydrogens (tertiary/aromatic N) is 3. The van der Waals surface area contributed by atoms with Crippen LogP contribution in [0.4, 0.5) is 11.8 Å². The van der Waals surface area contributed by atoms with Crippen molar-refractivity contribution in [2.45, 2.75) is 33.3 Å². The Morgan fingerprint density at radius 3 is 2.75 bits per heavy atom. The van der Waals surface area contributed by atoms with Gasteiger partial charge >= 0.3 is 0 Å². The van der Waals surface area contributed by atoms with E-state index in [-0.39, 0.29) is 5.60 Å². The Balaban J connectivity index is 2.21. The molecular formula is C13H22N6O. The molecule has 0 saturated heterocycles. The Hall–Kier alpha value is -1.89. The lowest BCUT2D eigenvalue weighted by atomic mass is 10.1. The van der Waals surface area contributed by atoms with Crippen molar-refractivity contribution < 1.29 is 4.74 Å². The van der Waals surface area contributed by atoms with Crippen LogP contribution in [0.1, 0.15) is 27.7 Å². The summed E-state index contributed by atoms with van der Waals surface area (Å²) in [5, 5.41) is 14.2. The second-order valence-corrected chi connectivity index (χ2v) is 5.10. The zero-order valence-electron chi connectivity index (χ0n) is 12.4. The van der Waals surface area contributed by atoms with E-state index in [0.29, 0.717) is 24.7 Å². The fourth-order valence-electron chi connectivity index (χ4n) is 1.95. The molecule has 20 heavy (non-hydrogen) atoms. The van der Waals surface area contributed by atoms with Crippen LogP contribution in [0, 0.1) is 0 Å². The summed E-state index contributed by atoms with van der Waals surface area (Å²) in [6.07, 6.45) is 1.72. The first-order chi connectivity index (χ1) is 9.55. The highest BCUT2D eigenvalue weighted by Crippen LogP contribution is 2.21. The maximum atomic E-state index is 5.68. The van der Waals surface area contributed by atoms with Crippen molar-refractivity contribution in [1.29, 1.82) is 0 Å². The zero-order chi connectivity index (χ0) is 14.6. The van der Waals surface area contributed by atoms with Crippen LogP contribution in [-0.2, 0) is 4.74 Å². The lowest BCUT2D eigenvalue weighted by Gasteiger charge is -2.25. The molecule has 0 aliphatic rings. The number of anilines is 2. The van der Waals surface area contributed by atoms with Crippen LogP contribution >= 0.6 is 0 Å². The lowest BCUT2D eigenvalue weighted by molar-refractivity contribution is 0.000663. The van der Waals surface area contributed by atoms with Gasteiger partial charge in [0.1, 0.15) is 5.82 Å². The zero-order valence-corrected chi connectivity index (χ0v) is 12.4. The van der Waals surface area contributed by atoms with Crippen molar-refractivity contribution in [3.8, 4) is 0 Å². The summed E-state index contributed by atoms with van der Waals surface area (Å²) in [5.74, 6) is 1.34. The Labute approximate surface area is 118 Å². The van der Waals surface area contributed by atoms with E-state index in [1.807, 2.05) is 27.7 Å². The Morgan fingerprint density at radius 2 is 2.05 bits per heavy atom. The number of rotatable bonds is 7. The van der Waals surface area contributed by atoms with E-state index < -0.39 is 0 Å². The highest BCUT2D eigenvalue weighted by Gasteiger charge is 2.18. The molecule has 2 rings (SSSR count). The number of aromatic amines is 1. The highest BCUT2D eigenvalue weighted by molar-refractivity contribution is 5.86. The molecule has 0 atom stereocenters. The predicted octanol–water partition coefficient (Wildman–Crippen LogP) is 2.01. The Kier molecular flexibility index (Phi) is 4.39. The Morgan fingerprint density at radius 1 is 1.25 bits per heavy atom. The van der Waals surface area contributed by atoms with Gasteiger partial charge in [-0.2, -0.15) is 15.1 Å². The van der Waals surface area contributed by atoms with Gasteiger partial charge in [-0.05, 0) is 27.7 Å². The van der Waals surface area contributed by atoms with Crippen LogP contribution in [0.2, 0.25) is 0 Å². The molecule has 0 amide bonds. The summed E-state index contributed by atoms with van der Waals surface area (Å²) < 4.78 is 5.68. The van der Waals surface area contributed by atoms with Crippen LogP contribution in [0.5, 0.6) is 0 Å². The molecule has 0 fully saturated rings. The van der Waals surface area contributed by atoms with Crippen LogP contribution in [0.15, 0.2) is 6.20 Å². The molecule has 0 unspecified atom stereocenters. The smallest absolute Gasteiger partial charge is 0.226 e. The summed E-state index contributed by atoms with van der Waals surface area (Å²) in [7, 11) is 0. The largest absolute Gasteiger partial charge is 0.374 e. The number of hydrogen-bond donors (Lipinski definition) is 3. The van der Waals surface area contributed by atoms with Gasteiger partial charge in [0, 0.05) is 19.7 Å². The number of aromatic nitrogens is 4. The first-order valence-corrected chi connectivity index (χ1v) is 6.88. The van der Waals surface area contributed by atoms with E-state index in [1.54, 1.807) is 6.20 Å². The molecule has 110 valence electrons. The minimum atomic E-state index is -0.256. The van der Waals surface area contributed by atoms with Crippen LogP contribution in [0.3, 0.4) is 0 Å². The van der Waals surface area contributed by atoms with Crippen LogP contribution < -0.4 is 10.6 Å². The monoisotopic (exact) mass is 278 g/mol. The molecule has 7 nitrogen and oxygen atoms in total. The molecular weight excluding hydrogens is 256 g/mol. The van der Waals surface area contributed by atoms with Gasteiger partial charge in [-0.3, -0.25) is 5.10 Å². The van der Waals surface area contributed by atoms with Gasteiger partial charge < -0.3 is 15.4 Å². The number of H-pyrrole nitrogens is 1. The topological polar surface area (TPSA) is 87.8 Å². The van der Waals surface area contributed by atoms with E-state index in [9.17, 15) is 0 Å². The minimum Gasteiger partial charge on any atom is -0.374 e. The summed E-state index contributed by atoms with van der Waals surface area (Å²) in [6.45, 7) is 10.2. The van der Waals surface area contributed by atoms with Gasteiger partial charge in [0.25, 0.3) is 0 Å². The second kappa shape index (κ2) is 6.04. The van der Waals surface area contributed by atoms with E-state index >= 15 is 0 Å².